The van der Waals surface area contributed by atoms with Crippen molar-refractivity contribution >= 4 is 24.7 Å². The van der Waals surface area contributed by atoms with Crippen LogP contribution in [0.25, 0.3) is 28.0 Å². The number of rotatable bonds is 8. The Kier molecular flexibility index (Phi) is 8.62. The second-order valence-electron chi connectivity index (χ2n) is 10.6. The van der Waals surface area contributed by atoms with Gasteiger partial charge in [-0.25, -0.2) is 18.8 Å². The smallest absolute Gasteiger partial charge is 0.249 e. The van der Waals surface area contributed by atoms with E-state index in [1.54, 1.807) is 24.7 Å². The third-order valence-corrected chi connectivity index (χ3v) is 6.61. The minimum Gasteiger partial charge on any atom is -0.389 e. The Morgan fingerprint density at radius 1 is 1.24 bits per heavy atom. The first-order valence-corrected chi connectivity index (χ1v) is 13.0. The number of pyridine rings is 1. The number of hydrogen-bond acceptors (Lipinski definition) is 7. The van der Waals surface area contributed by atoms with E-state index < -0.39 is 17.4 Å². The van der Waals surface area contributed by atoms with Crippen molar-refractivity contribution in [3.05, 3.63) is 66.2 Å². The molecule has 216 valence electrons. The molecule has 4 aromatic rings. The van der Waals surface area contributed by atoms with Gasteiger partial charge in [-0.1, -0.05) is 17.3 Å². The molecule has 5 rings (SSSR count). The number of hydrogen-bond donors (Lipinski definition) is 2. The van der Waals surface area contributed by atoms with E-state index in [1.807, 2.05) is 60.2 Å². The number of aryl methyl sites for hydroxylation is 1. The van der Waals surface area contributed by atoms with Crippen LogP contribution in [0.4, 0.5) is 8.78 Å². The topological polar surface area (TPSA) is 132 Å². The summed E-state index contributed by atoms with van der Waals surface area (Å²) in [4.78, 5) is 22.7. The molecular weight excluding hydrogens is 532 g/mol. The minimum absolute atomic E-state index is 0.192. The molecule has 41 heavy (non-hydrogen) atoms. The molecular formula is C29H33F2N7O3. The molecule has 0 unspecified atom stereocenters. The van der Waals surface area contributed by atoms with Crippen molar-refractivity contribution < 1.29 is 23.5 Å². The average molecular weight is 566 g/mol. The van der Waals surface area contributed by atoms with Gasteiger partial charge in [0.05, 0.1) is 36.8 Å². The second kappa shape index (κ2) is 12.0. The summed E-state index contributed by atoms with van der Waals surface area (Å²) in [5, 5.41) is 17.9. The lowest BCUT2D eigenvalue weighted by Gasteiger charge is -2.33. The Bertz CT molecular complexity index is 1560. The molecule has 1 aliphatic rings. The van der Waals surface area contributed by atoms with Gasteiger partial charge < -0.3 is 15.7 Å². The van der Waals surface area contributed by atoms with E-state index in [0.29, 0.717) is 6.54 Å². The molecule has 0 atom stereocenters. The van der Waals surface area contributed by atoms with Crippen molar-refractivity contribution in [2.75, 3.05) is 0 Å². The van der Waals surface area contributed by atoms with Gasteiger partial charge in [0.1, 0.15) is 5.65 Å². The summed E-state index contributed by atoms with van der Waals surface area (Å²) in [6, 6.07) is 9.95. The monoisotopic (exact) mass is 565 g/mol. The highest BCUT2D eigenvalue weighted by atomic mass is 19.3. The molecule has 1 aromatic carbocycles. The van der Waals surface area contributed by atoms with Crippen molar-refractivity contribution in [3.63, 3.8) is 0 Å². The number of carbonyl (C=O) groups excluding carboxylic acids is 1. The van der Waals surface area contributed by atoms with Crippen molar-refractivity contribution in [1.29, 1.82) is 0 Å². The number of aromatic nitrogens is 4. The maximum atomic E-state index is 13.4. The number of halogens is 2. The fourth-order valence-electron chi connectivity index (χ4n) is 4.69. The predicted molar refractivity (Wildman–Crippen MR) is 153 cm³/mol. The van der Waals surface area contributed by atoms with Crippen molar-refractivity contribution in [2.24, 2.45) is 21.8 Å². The Hall–Kier alpha value is -4.45. The largest absolute Gasteiger partial charge is 0.389 e. The number of carbonyl (C=O) groups is 1. The normalized spacial score (nSPS) is 15.1. The molecule has 1 saturated carbocycles. The number of aliphatic hydroxyl groups is 1. The van der Waals surface area contributed by atoms with Gasteiger partial charge in [0.15, 0.2) is 0 Å². The van der Waals surface area contributed by atoms with Crippen molar-refractivity contribution in [2.45, 2.75) is 58.2 Å². The number of aliphatic imine (C=N–C) groups is 1. The molecule has 1 fully saturated rings. The Balaban J connectivity index is 0.00000124. The SMILES string of the molecule is C=NOC(=NCc1ccc(C)c(-c2cnc3ccc(-c4cnn(CC(C)(C)O)c4)cn23)c1)C1CC(F)(F)C1.NC=O. The Labute approximate surface area is 236 Å². The average Bonchev–Trinajstić information content (AvgIpc) is 3.52. The lowest BCUT2D eigenvalue weighted by molar-refractivity contribution is -0.107. The van der Waals surface area contributed by atoms with Gasteiger partial charge in [0.2, 0.25) is 18.2 Å². The molecule has 1 amide bonds. The zero-order valence-electron chi connectivity index (χ0n) is 23.2. The van der Waals surface area contributed by atoms with Crippen LogP contribution in [0.15, 0.2) is 65.3 Å². The first-order valence-electron chi connectivity index (χ1n) is 13.0. The highest BCUT2D eigenvalue weighted by molar-refractivity contribution is 5.80. The van der Waals surface area contributed by atoms with Crippen LogP contribution in [0.1, 0.15) is 37.8 Å². The summed E-state index contributed by atoms with van der Waals surface area (Å²) < 4.78 is 30.5. The molecule has 12 heteroatoms. The van der Waals surface area contributed by atoms with Crippen LogP contribution in [-0.2, 0) is 22.7 Å². The Morgan fingerprint density at radius 2 is 1.98 bits per heavy atom. The molecule has 0 saturated heterocycles. The molecule has 1 aliphatic carbocycles. The van der Waals surface area contributed by atoms with Crippen LogP contribution in [0.2, 0.25) is 0 Å². The zero-order chi connectivity index (χ0) is 29.8. The van der Waals surface area contributed by atoms with Crippen LogP contribution in [0, 0.1) is 12.8 Å². The van der Waals surface area contributed by atoms with Gasteiger partial charge in [-0.3, -0.25) is 13.9 Å². The second-order valence-corrected chi connectivity index (χ2v) is 10.6. The number of oxime groups is 1. The number of alkyl halides is 2. The summed E-state index contributed by atoms with van der Waals surface area (Å²) in [6.07, 6.45) is 7.21. The molecule has 0 spiro atoms. The van der Waals surface area contributed by atoms with Gasteiger partial charge in [0, 0.05) is 54.6 Å². The summed E-state index contributed by atoms with van der Waals surface area (Å²) >= 11 is 0. The van der Waals surface area contributed by atoms with Gasteiger partial charge in [-0.05, 0) is 50.1 Å². The van der Waals surface area contributed by atoms with Crippen LogP contribution in [0.5, 0.6) is 0 Å². The van der Waals surface area contributed by atoms with Gasteiger partial charge in [-0.2, -0.15) is 5.10 Å². The van der Waals surface area contributed by atoms with E-state index in [4.69, 9.17) is 9.63 Å². The van der Waals surface area contributed by atoms with Crippen LogP contribution in [0.3, 0.4) is 0 Å². The van der Waals surface area contributed by atoms with E-state index >= 15 is 0 Å². The van der Waals surface area contributed by atoms with E-state index in [-0.39, 0.29) is 31.7 Å². The third-order valence-electron chi connectivity index (χ3n) is 6.61. The fraction of sp³-hybridized carbons (Fsp3) is 0.345. The first-order chi connectivity index (χ1) is 19.4. The molecule has 3 N–H and O–H groups in total. The van der Waals surface area contributed by atoms with E-state index in [0.717, 1.165) is 39.2 Å². The fourth-order valence-corrected chi connectivity index (χ4v) is 4.69. The maximum absolute atomic E-state index is 13.4. The highest BCUT2D eigenvalue weighted by Gasteiger charge is 2.48. The van der Waals surface area contributed by atoms with Crippen molar-refractivity contribution in [1.82, 2.24) is 19.2 Å². The molecule has 3 heterocycles. The number of nitrogens with zero attached hydrogens (tertiary/aromatic N) is 6. The highest BCUT2D eigenvalue weighted by Crippen LogP contribution is 2.43. The summed E-state index contributed by atoms with van der Waals surface area (Å²) in [5.41, 5.74) is 9.86. The van der Waals surface area contributed by atoms with E-state index in [2.05, 4.69) is 32.7 Å². The molecule has 3 aromatic heterocycles. The molecule has 0 bridgehead atoms. The number of amides is 1. The van der Waals surface area contributed by atoms with Crippen LogP contribution < -0.4 is 5.73 Å². The first kappa shape index (κ1) is 29.5. The summed E-state index contributed by atoms with van der Waals surface area (Å²) in [5.74, 6) is -2.94. The van der Waals surface area contributed by atoms with E-state index in [9.17, 15) is 13.9 Å². The number of nitrogens with two attached hydrogens (primary N) is 1. The van der Waals surface area contributed by atoms with E-state index in [1.165, 1.54) is 0 Å². The third kappa shape index (κ3) is 7.20. The number of primary amides is 1. The molecule has 0 radical (unpaired) electrons. The van der Waals surface area contributed by atoms with Gasteiger partial charge in [0.25, 0.3) is 0 Å². The number of benzene rings is 1. The number of imidazole rings is 1. The maximum Gasteiger partial charge on any atom is 0.249 e. The lowest BCUT2D eigenvalue weighted by Crippen LogP contribution is -2.40. The summed E-state index contributed by atoms with van der Waals surface area (Å²) in [7, 11) is 0. The van der Waals surface area contributed by atoms with Crippen LogP contribution >= 0.6 is 0 Å². The van der Waals surface area contributed by atoms with Crippen molar-refractivity contribution in [3.8, 4) is 22.4 Å². The standard InChI is InChI=1S/C28H30F2N6O2.CH3NO/c1-18-5-6-19(12-33-26(38-31-4)21-10-28(29,30)11-21)9-23(18)24-14-32-25-8-7-20(16-36(24)25)22-13-34-35(15-22)17-27(2,3)37;2-1-3/h5-9,13-16,21,37H,4,10-12,17H2,1-3H3;1H,(H2,2,3). The molecule has 0 aliphatic heterocycles. The summed E-state index contributed by atoms with van der Waals surface area (Å²) in [6.45, 7) is 9.47. The minimum atomic E-state index is -2.68. The number of fused-ring (bicyclic) bond motifs is 1. The lowest BCUT2D eigenvalue weighted by atomic mass is 9.81. The quantitative estimate of drug-likeness (QED) is 0.139. The van der Waals surface area contributed by atoms with Crippen LogP contribution in [-0.4, -0.2) is 54.8 Å². The van der Waals surface area contributed by atoms with Gasteiger partial charge in [-0.15, -0.1) is 0 Å². The Morgan fingerprint density at radius 3 is 2.63 bits per heavy atom. The predicted octanol–water partition coefficient (Wildman–Crippen LogP) is 4.62. The molecule has 10 nitrogen and oxygen atoms in total. The van der Waals surface area contributed by atoms with Gasteiger partial charge >= 0.3 is 0 Å². The zero-order valence-corrected chi connectivity index (χ0v) is 23.2.